The zero-order valence-corrected chi connectivity index (χ0v) is 6.66. The zero-order chi connectivity index (χ0) is 8.81. The molecular formula is C9H9BNO. The summed E-state index contributed by atoms with van der Waals surface area (Å²) in [5.41, 5.74) is 0.965. The summed E-state index contributed by atoms with van der Waals surface area (Å²) in [4.78, 5) is 10.7. The molecule has 0 unspecified atom stereocenters. The van der Waals surface area contributed by atoms with Crippen LogP contribution in [-0.4, -0.2) is 13.3 Å². The van der Waals surface area contributed by atoms with E-state index in [1.54, 1.807) is 7.41 Å². The Morgan fingerprint density at radius 3 is 2.67 bits per heavy atom. The van der Waals surface area contributed by atoms with Gasteiger partial charge in [0.05, 0.1) is 0 Å². The largest absolute Gasteiger partial charge is 0.395 e. The number of hydrogen-bond donors (Lipinski definition) is 1. The summed E-state index contributed by atoms with van der Waals surface area (Å²) in [6.45, 7) is 3.34. The third-order valence-corrected chi connectivity index (χ3v) is 1.37. The van der Waals surface area contributed by atoms with Crippen LogP contribution in [0.15, 0.2) is 43.0 Å². The van der Waals surface area contributed by atoms with Crippen LogP contribution < -0.4 is 10.7 Å². The molecule has 0 saturated carbocycles. The smallest absolute Gasteiger partial charge is 0.285 e. The zero-order valence-electron chi connectivity index (χ0n) is 6.66. The van der Waals surface area contributed by atoms with E-state index in [1.807, 2.05) is 30.3 Å². The monoisotopic (exact) mass is 158 g/mol. The molecule has 0 bridgehead atoms. The molecule has 0 fully saturated rings. The van der Waals surface area contributed by atoms with E-state index in [1.165, 1.54) is 6.08 Å². The number of carbonyl (C=O) groups excluding carboxylic acids is 1. The van der Waals surface area contributed by atoms with E-state index in [0.717, 1.165) is 5.46 Å². The highest BCUT2D eigenvalue weighted by molar-refractivity contribution is 6.54. The second kappa shape index (κ2) is 4.39. The number of nitrogens with one attached hydrogen (secondary N) is 1. The fourth-order valence-electron chi connectivity index (χ4n) is 0.763. The topological polar surface area (TPSA) is 29.1 Å². The minimum Gasteiger partial charge on any atom is -0.395 e. The maximum Gasteiger partial charge on any atom is 0.285 e. The van der Waals surface area contributed by atoms with Crippen molar-refractivity contribution < 1.29 is 4.79 Å². The second-order valence-corrected chi connectivity index (χ2v) is 2.27. The van der Waals surface area contributed by atoms with Crippen molar-refractivity contribution in [3.05, 3.63) is 43.0 Å². The summed E-state index contributed by atoms with van der Waals surface area (Å²) in [5.74, 6) is -0.196. The molecule has 2 nitrogen and oxygen atoms in total. The van der Waals surface area contributed by atoms with Gasteiger partial charge in [-0.1, -0.05) is 42.4 Å². The van der Waals surface area contributed by atoms with Crippen molar-refractivity contribution in [1.82, 2.24) is 5.23 Å². The lowest BCUT2D eigenvalue weighted by atomic mass is 9.83. The van der Waals surface area contributed by atoms with Crippen molar-refractivity contribution in [3.8, 4) is 0 Å². The average Bonchev–Trinajstić information content (AvgIpc) is 2.16. The molecule has 1 aromatic rings. The number of rotatable bonds is 3. The van der Waals surface area contributed by atoms with Gasteiger partial charge < -0.3 is 5.23 Å². The highest BCUT2D eigenvalue weighted by Gasteiger charge is 1.96. The third-order valence-electron chi connectivity index (χ3n) is 1.37. The van der Waals surface area contributed by atoms with Crippen molar-refractivity contribution in [3.63, 3.8) is 0 Å². The third kappa shape index (κ3) is 2.62. The Kier molecular flexibility index (Phi) is 3.14. The minimum absolute atomic E-state index is 0.196. The number of amides is 1. The maximum absolute atomic E-state index is 10.7. The lowest BCUT2D eigenvalue weighted by molar-refractivity contribution is -0.114. The Labute approximate surface area is 72.6 Å². The van der Waals surface area contributed by atoms with Crippen LogP contribution in [0, 0.1) is 0 Å². The van der Waals surface area contributed by atoms with Gasteiger partial charge in [-0.2, -0.15) is 0 Å². The Balaban J connectivity index is 2.43. The van der Waals surface area contributed by atoms with Gasteiger partial charge >= 0.3 is 0 Å². The fraction of sp³-hybridized carbons (Fsp3) is 0. The molecule has 0 aliphatic carbocycles. The van der Waals surface area contributed by atoms with E-state index in [0.29, 0.717) is 0 Å². The average molecular weight is 158 g/mol. The van der Waals surface area contributed by atoms with Crippen LogP contribution >= 0.6 is 0 Å². The molecule has 59 valence electrons. The first-order chi connectivity index (χ1) is 5.83. The molecule has 1 aromatic carbocycles. The van der Waals surface area contributed by atoms with Crippen molar-refractivity contribution in [1.29, 1.82) is 0 Å². The standard InChI is InChI=1S/C9H9BNO/c1-2-9(12)11-10-8-6-4-3-5-7-8/h2-7H,1H2,(H,11,12). The van der Waals surface area contributed by atoms with Crippen molar-refractivity contribution in [2.75, 3.05) is 0 Å². The molecular weight excluding hydrogens is 149 g/mol. The van der Waals surface area contributed by atoms with Gasteiger partial charge in [-0.3, -0.25) is 4.79 Å². The van der Waals surface area contributed by atoms with E-state index >= 15 is 0 Å². The van der Waals surface area contributed by atoms with E-state index < -0.39 is 0 Å². The molecule has 0 aliphatic heterocycles. The Morgan fingerprint density at radius 2 is 2.08 bits per heavy atom. The van der Waals surface area contributed by atoms with E-state index in [4.69, 9.17) is 0 Å². The van der Waals surface area contributed by atoms with E-state index in [2.05, 4.69) is 11.8 Å². The van der Waals surface area contributed by atoms with Crippen LogP contribution in [0.5, 0.6) is 0 Å². The number of benzene rings is 1. The normalized spacial score (nSPS) is 8.67. The summed E-state index contributed by atoms with van der Waals surface area (Å²) < 4.78 is 0. The van der Waals surface area contributed by atoms with Crippen LogP contribution in [0.3, 0.4) is 0 Å². The van der Waals surface area contributed by atoms with Crippen LogP contribution in [0.1, 0.15) is 0 Å². The molecule has 0 aliphatic rings. The first kappa shape index (κ1) is 8.59. The Bertz CT molecular complexity index is 271. The van der Waals surface area contributed by atoms with E-state index in [-0.39, 0.29) is 5.91 Å². The van der Waals surface area contributed by atoms with Gasteiger partial charge in [0.1, 0.15) is 0 Å². The molecule has 1 radical (unpaired) electrons. The van der Waals surface area contributed by atoms with Crippen molar-refractivity contribution in [2.45, 2.75) is 0 Å². The highest BCUT2D eigenvalue weighted by atomic mass is 16.1. The van der Waals surface area contributed by atoms with Crippen molar-refractivity contribution in [2.24, 2.45) is 0 Å². The quantitative estimate of drug-likeness (QED) is 0.495. The van der Waals surface area contributed by atoms with Gasteiger partial charge in [0.2, 0.25) is 5.91 Å². The summed E-state index contributed by atoms with van der Waals surface area (Å²) in [6.07, 6.45) is 1.24. The lowest BCUT2D eigenvalue weighted by Gasteiger charge is -1.98. The molecule has 0 saturated heterocycles. The molecule has 12 heavy (non-hydrogen) atoms. The van der Waals surface area contributed by atoms with Gasteiger partial charge in [0.15, 0.2) is 0 Å². The summed E-state index contributed by atoms with van der Waals surface area (Å²) >= 11 is 0. The molecule has 0 atom stereocenters. The van der Waals surface area contributed by atoms with E-state index in [9.17, 15) is 4.79 Å². The summed E-state index contributed by atoms with van der Waals surface area (Å²) in [6, 6.07) is 9.55. The Hall–Kier alpha value is -1.51. The fourth-order valence-corrected chi connectivity index (χ4v) is 0.763. The van der Waals surface area contributed by atoms with Crippen LogP contribution in [0.4, 0.5) is 0 Å². The SMILES string of the molecule is C=CC(=O)N[B]c1ccccc1. The summed E-state index contributed by atoms with van der Waals surface area (Å²) in [7, 11) is 1.64. The van der Waals surface area contributed by atoms with Gasteiger partial charge in [-0.25, -0.2) is 0 Å². The number of hydrogen-bond acceptors (Lipinski definition) is 1. The van der Waals surface area contributed by atoms with Gasteiger partial charge in [0.25, 0.3) is 7.41 Å². The molecule has 3 heteroatoms. The van der Waals surface area contributed by atoms with Crippen molar-refractivity contribution >= 4 is 18.8 Å². The predicted octanol–water partition coefficient (Wildman–Crippen LogP) is 0.233. The molecule has 1 amide bonds. The van der Waals surface area contributed by atoms with Gasteiger partial charge in [0, 0.05) is 0 Å². The molecule has 0 heterocycles. The highest BCUT2D eigenvalue weighted by Crippen LogP contribution is 1.79. The minimum atomic E-state index is -0.196. The second-order valence-electron chi connectivity index (χ2n) is 2.27. The number of carbonyl (C=O) groups is 1. The molecule has 1 rings (SSSR count). The van der Waals surface area contributed by atoms with Gasteiger partial charge in [-0.15, -0.1) is 0 Å². The van der Waals surface area contributed by atoms with Crippen LogP contribution in [-0.2, 0) is 4.79 Å². The first-order valence-corrected chi connectivity index (χ1v) is 3.64. The molecule has 0 aromatic heterocycles. The van der Waals surface area contributed by atoms with Crippen LogP contribution in [0.2, 0.25) is 0 Å². The predicted molar refractivity (Wildman–Crippen MR) is 50.2 cm³/mol. The lowest BCUT2D eigenvalue weighted by Crippen LogP contribution is -2.33. The Morgan fingerprint density at radius 1 is 1.42 bits per heavy atom. The first-order valence-electron chi connectivity index (χ1n) is 3.64. The maximum atomic E-state index is 10.7. The van der Waals surface area contributed by atoms with Gasteiger partial charge in [-0.05, 0) is 6.08 Å². The molecule has 0 spiro atoms. The molecule has 1 N–H and O–H groups in total. The van der Waals surface area contributed by atoms with Crippen LogP contribution in [0.25, 0.3) is 0 Å². The summed E-state index contributed by atoms with van der Waals surface area (Å²) in [5, 5.41) is 2.57.